The molecule has 0 aliphatic rings. The second-order valence-electron chi connectivity index (χ2n) is 5.28. The molecular weight excluding hydrogens is 400 g/mol. The van der Waals surface area contributed by atoms with Gasteiger partial charge in [0, 0.05) is 15.6 Å². The van der Waals surface area contributed by atoms with Crippen molar-refractivity contribution in [1.29, 1.82) is 10.5 Å². The summed E-state index contributed by atoms with van der Waals surface area (Å²) in [7, 11) is 0. The van der Waals surface area contributed by atoms with Crippen molar-refractivity contribution in [1.82, 2.24) is 4.98 Å². The fraction of sp³-hybridized carbons (Fsp3) is 0.278. The lowest BCUT2D eigenvalue weighted by Gasteiger charge is -2.16. The summed E-state index contributed by atoms with van der Waals surface area (Å²) in [6.07, 6.45) is 0.826. The maximum absolute atomic E-state index is 12.1. The summed E-state index contributed by atoms with van der Waals surface area (Å²) in [6.45, 7) is 4.73. The van der Waals surface area contributed by atoms with Gasteiger partial charge >= 0.3 is 0 Å². The number of nitriles is 2. The Morgan fingerprint density at radius 3 is 2.38 bits per heavy atom. The first-order valence-corrected chi connectivity index (χ1v) is 8.73. The van der Waals surface area contributed by atoms with E-state index < -0.39 is 5.56 Å². The van der Waals surface area contributed by atoms with Crippen LogP contribution in [0.3, 0.4) is 0 Å². The number of aromatic nitrogens is 1. The summed E-state index contributed by atoms with van der Waals surface area (Å²) >= 11 is 3.43. The van der Waals surface area contributed by atoms with Crippen LogP contribution in [0.5, 0.6) is 11.5 Å². The molecule has 8 heteroatoms. The van der Waals surface area contributed by atoms with Gasteiger partial charge < -0.3 is 20.2 Å². The minimum atomic E-state index is -0.657. The summed E-state index contributed by atoms with van der Waals surface area (Å²) in [5.41, 5.74) is 5.55. The molecular formula is C18H17BrN4O3. The van der Waals surface area contributed by atoms with E-state index in [-0.39, 0.29) is 22.5 Å². The van der Waals surface area contributed by atoms with Gasteiger partial charge in [-0.15, -0.1) is 0 Å². The van der Waals surface area contributed by atoms with Crippen LogP contribution in [0.2, 0.25) is 0 Å². The van der Waals surface area contributed by atoms with Crippen molar-refractivity contribution in [3.8, 4) is 34.8 Å². The third kappa shape index (κ3) is 3.66. The molecule has 0 fully saturated rings. The summed E-state index contributed by atoms with van der Waals surface area (Å²) < 4.78 is 11.9. The minimum Gasteiger partial charge on any atom is -0.490 e. The summed E-state index contributed by atoms with van der Waals surface area (Å²) in [4.78, 5) is 14.4. The SMILES string of the molecule is CCCOc1cc(Br)c(-c2c(C#N)c(N)[nH]c(=O)c2C#N)cc1OCC. The Morgan fingerprint density at radius 1 is 1.15 bits per heavy atom. The van der Waals surface area contributed by atoms with E-state index >= 15 is 0 Å². The molecule has 1 aromatic heterocycles. The van der Waals surface area contributed by atoms with Crippen molar-refractivity contribution in [3.05, 3.63) is 38.1 Å². The standard InChI is InChI=1S/C18H17BrN4O3/c1-3-5-26-15-7-13(19)10(6-14(15)25-4-2)16-11(8-20)17(22)23-18(24)12(16)9-21/h6-7H,3-5H2,1-2H3,(H3,22,23,24). The van der Waals surface area contributed by atoms with Crippen LogP contribution in [-0.2, 0) is 0 Å². The number of aromatic amines is 1. The Balaban J connectivity index is 2.81. The van der Waals surface area contributed by atoms with Crippen LogP contribution in [0.1, 0.15) is 31.4 Å². The Morgan fingerprint density at radius 2 is 1.81 bits per heavy atom. The Kier molecular flexibility index (Phi) is 6.26. The Bertz CT molecular complexity index is 970. The fourth-order valence-electron chi connectivity index (χ4n) is 2.43. The van der Waals surface area contributed by atoms with Gasteiger partial charge in [-0.1, -0.05) is 22.9 Å². The average molecular weight is 417 g/mol. The van der Waals surface area contributed by atoms with Crippen LogP contribution in [0.15, 0.2) is 21.4 Å². The zero-order valence-corrected chi connectivity index (χ0v) is 15.9. The van der Waals surface area contributed by atoms with Gasteiger partial charge in [0.2, 0.25) is 0 Å². The van der Waals surface area contributed by atoms with Crippen LogP contribution in [0, 0.1) is 22.7 Å². The lowest BCUT2D eigenvalue weighted by atomic mass is 9.96. The number of hydrogen-bond donors (Lipinski definition) is 2. The number of halogens is 1. The molecule has 1 heterocycles. The van der Waals surface area contributed by atoms with Gasteiger partial charge in [0.25, 0.3) is 5.56 Å². The molecule has 2 aromatic rings. The molecule has 0 amide bonds. The van der Waals surface area contributed by atoms with E-state index in [0.29, 0.717) is 34.7 Å². The van der Waals surface area contributed by atoms with Gasteiger partial charge in [-0.2, -0.15) is 10.5 Å². The van der Waals surface area contributed by atoms with Crippen LogP contribution in [-0.4, -0.2) is 18.2 Å². The summed E-state index contributed by atoms with van der Waals surface area (Å²) in [5.74, 6) is 0.882. The second kappa shape index (κ2) is 8.41. The van der Waals surface area contributed by atoms with Gasteiger partial charge in [0.05, 0.1) is 13.2 Å². The number of benzene rings is 1. The first kappa shape index (κ1) is 19.4. The lowest BCUT2D eigenvalue weighted by Crippen LogP contribution is -2.16. The molecule has 0 bridgehead atoms. The summed E-state index contributed by atoms with van der Waals surface area (Å²) in [6, 6.07) is 7.12. The number of nitrogens with zero attached hydrogens (tertiary/aromatic N) is 2. The van der Waals surface area contributed by atoms with Crippen molar-refractivity contribution in [2.24, 2.45) is 0 Å². The maximum atomic E-state index is 12.1. The van der Waals surface area contributed by atoms with E-state index in [0.717, 1.165) is 6.42 Å². The number of pyridine rings is 1. The largest absolute Gasteiger partial charge is 0.490 e. The predicted molar refractivity (Wildman–Crippen MR) is 101 cm³/mol. The highest BCUT2D eigenvalue weighted by Crippen LogP contribution is 2.41. The van der Waals surface area contributed by atoms with E-state index in [9.17, 15) is 15.3 Å². The number of anilines is 1. The molecule has 0 atom stereocenters. The van der Waals surface area contributed by atoms with Gasteiger partial charge in [0.1, 0.15) is 29.1 Å². The van der Waals surface area contributed by atoms with E-state index in [1.165, 1.54) is 0 Å². The number of nitrogens with one attached hydrogen (secondary N) is 1. The molecule has 0 radical (unpaired) electrons. The number of H-pyrrole nitrogens is 1. The Hall–Kier alpha value is -2.97. The first-order chi connectivity index (χ1) is 12.5. The molecule has 0 unspecified atom stereocenters. The van der Waals surface area contributed by atoms with Crippen molar-refractivity contribution in [2.75, 3.05) is 18.9 Å². The Labute approximate surface area is 159 Å². The number of rotatable bonds is 6. The third-order valence-corrected chi connectivity index (χ3v) is 4.19. The van der Waals surface area contributed by atoms with E-state index in [2.05, 4.69) is 20.9 Å². The van der Waals surface area contributed by atoms with Gasteiger partial charge in [0.15, 0.2) is 11.5 Å². The zero-order valence-electron chi connectivity index (χ0n) is 14.4. The highest BCUT2D eigenvalue weighted by molar-refractivity contribution is 9.10. The number of ether oxygens (including phenoxy) is 2. The fourth-order valence-corrected chi connectivity index (χ4v) is 2.95. The molecule has 0 aliphatic heterocycles. The molecule has 26 heavy (non-hydrogen) atoms. The molecule has 0 saturated heterocycles. The lowest BCUT2D eigenvalue weighted by molar-refractivity contribution is 0.277. The van der Waals surface area contributed by atoms with Gasteiger partial charge in [-0.3, -0.25) is 4.79 Å². The van der Waals surface area contributed by atoms with E-state index in [1.54, 1.807) is 12.1 Å². The molecule has 1 aromatic carbocycles. The molecule has 0 spiro atoms. The highest BCUT2D eigenvalue weighted by Gasteiger charge is 2.22. The molecule has 7 nitrogen and oxygen atoms in total. The van der Waals surface area contributed by atoms with Crippen molar-refractivity contribution in [2.45, 2.75) is 20.3 Å². The monoisotopic (exact) mass is 416 g/mol. The van der Waals surface area contributed by atoms with Gasteiger partial charge in [-0.05, 0) is 25.5 Å². The van der Waals surface area contributed by atoms with Crippen LogP contribution >= 0.6 is 15.9 Å². The number of hydrogen-bond acceptors (Lipinski definition) is 6. The number of nitrogen functional groups attached to an aromatic ring is 1. The summed E-state index contributed by atoms with van der Waals surface area (Å²) in [5, 5.41) is 18.9. The van der Waals surface area contributed by atoms with Crippen LogP contribution < -0.4 is 20.8 Å². The molecule has 3 N–H and O–H groups in total. The average Bonchev–Trinajstić information content (AvgIpc) is 2.61. The van der Waals surface area contributed by atoms with Crippen LogP contribution in [0.4, 0.5) is 5.82 Å². The number of nitrogens with two attached hydrogens (primary N) is 1. The third-order valence-electron chi connectivity index (χ3n) is 3.53. The molecule has 0 saturated carbocycles. The highest BCUT2D eigenvalue weighted by atomic mass is 79.9. The smallest absolute Gasteiger partial charge is 0.268 e. The van der Waals surface area contributed by atoms with E-state index in [1.807, 2.05) is 26.0 Å². The minimum absolute atomic E-state index is 0.0199. The normalized spacial score (nSPS) is 10.0. The first-order valence-electron chi connectivity index (χ1n) is 7.93. The van der Waals surface area contributed by atoms with Gasteiger partial charge in [-0.25, -0.2) is 0 Å². The van der Waals surface area contributed by atoms with Crippen molar-refractivity contribution >= 4 is 21.7 Å². The molecule has 134 valence electrons. The maximum Gasteiger partial charge on any atom is 0.268 e. The van der Waals surface area contributed by atoms with Crippen molar-refractivity contribution < 1.29 is 9.47 Å². The van der Waals surface area contributed by atoms with E-state index in [4.69, 9.17) is 15.2 Å². The quantitative estimate of drug-likeness (QED) is 0.743. The zero-order chi connectivity index (χ0) is 19.3. The van der Waals surface area contributed by atoms with Crippen LogP contribution in [0.25, 0.3) is 11.1 Å². The molecule has 2 rings (SSSR count). The molecule has 0 aliphatic carbocycles. The predicted octanol–water partition coefficient (Wildman–Crippen LogP) is 3.32. The second-order valence-corrected chi connectivity index (χ2v) is 6.13. The van der Waals surface area contributed by atoms with Crippen molar-refractivity contribution in [3.63, 3.8) is 0 Å². The topological polar surface area (TPSA) is 125 Å².